The highest BCUT2D eigenvalue weighted by atomic mass is 16.6. The van der Waals surface area contributed by atoms with Crippen LogP contribution in [0.3, 0.4) is 0 Å². The second-order valence-electron chi connectivity index (χ2n) is 11.2. The Morgan fingerprint density at radius 1 is 0.975 bits per heavy atom. The average molecular weight is 546 g/mol. The molecule has 3 aromatic rings. The third-order valence-corrected chi connectivity index (χ3v) is 6.52. The molecule has 0 spiro atoms. The summed E-state index contributed by atoms with van der Waals surface area (Å²) in [6.45, 7) is 11.9. The van der Waals surface area contributed by atoms with Crippen molar-refractivity contribution in [2.45, 2.75) is 59.5 Å². The molecule has 2 N–H and O–H groups in total. The first kappa shape index (κ1) is 28.9. The van der Waals surface area contributed by atoms with E-state index >= 15 is 0 Å². The Hall–Kier alpha value is -4.14. The van der Waals surface area contributed by atoms with Gasteiger partial charge in [-0.15, -0.1) is 0 Å². The Kier molecular flexibility index (Phi) is 9.24. The van der Waals surface area contributed by atoms with Crippen LogP contribution in [0.1, 0.15) is 62.3 Å². The maximum atomic E-state index is 13.2. The molecule has 0 radical (unpaired) electrons. The Bertz CT molecular complexity index is 1310. The van der Waals surface area contributed by atoms with E-state index in [4.69, 9.17) is 14.5 Å². The number of amides is 2. The van der Waals surface area contributed by atoms with E-state index in [0.29, 0.717) is 41.8 Å². The van der Waals surface area contributed by atoms with Gasteiger partial charge in [-0.05, 0) is 95.0 Å². The summed E-state index contributed by atoms with van der Waals surface area (Å²) in [6.07, 6.45) is 2.21. The lowest BCUT2D eigenvalue weighted by atomic mass is 9.99. The van der Waals surface area contributed by atoms with E-state index in [1.165, 1.54) is 0 Å². The highest BCUT2D eigenvalue weighted by Gasteiger charge is 2.23. The number of aryl methyl sites for hydroxylation is 1. The molecule has 2 amide bonds. The third kappa shape index (κ3) is 8.43. The van der Waals surface area contributed by atoms with Crippen LogP contribution in [-0.2, 0) is 11.2 Å². The largest absolute Gasteiger partial charge is 0.493 e. The van der Waals surface area contributed by atoms with Crippen LogP contribution in [0.2, 0.25) is 0 Å². The molecule has 0 bridgehead atoms. The van der Waals surface area contributed by atoms with Gasteiger partial charge in [0.1, 0.15) is 23.0 Å². The molecule has 40 heavy (non-hydrogen) atoms. The van der Waals surface area contributed by atoms with Gasteiger partial charge in [-0.25, -0.2) is 14.8 Å². The second-order valence-corrected chi connectivity index (χ2v) is 11.2. The topological polar surface area (TPSA) is 106 Å². The number of rotatable bonds is 8. The van der Waals surface area contributed by atoms with E-state index < -0.39 is 11.7 Å². The Balaban J connectivity index is 1.30. The highest BCUT2D eigenvalue weighted by molar-refractivity contribution is 6.07. The number of hydrogen-bond acceptors (Lipinski definition) is 7. The van der Waals surface area contributed by atoms with E-state index in [1.54, 1.807) is 6.07 Å². The van der Waals surface area contributed by atoms with Gasteiger partial charge in [0.05, 0.1) is 12.2 Å². The molecule has 0 unspecified atom stereocenters. The van der Waals surface area contributed by atoms with Crippen molar-refractivity contribution < 1.29 is 19.1 Å². The Morgan fingerprint density at radius 2 is 1.70 bits per heavy atom. The fourth-order valence-corrected chi connectivity index (χ4v) is 4.38. The summed E-state index contributed by atoms with van der Waals surface area (Å²) in [4.78, 5) is 36.6. The minimum absolute atomic E-state index is 0.180. The quantitative estimate of drug-likeness (QED) is 0.345. The smallest absolute Gasteiger partial charge is 0.413 e. The number of carbonyl (C=O) groups is 2. The normalized spacial score (nSPS) is 14.0. The van der Waals surface area contributed by atoms with Gasteiger partial charge in [-0.1, -0.05) is 13.0 Å². The van der Waals surface area contributed by atoms with Crippen molar-refractivity contribution in [1.82, 2.24) is 9.97 Å². The van der Waals surface area contributed by atoms with Crippen LogP contribution >= 0.6 is 0 Å². The van der Waals surface area contributed by atoms with E-state index in [0.717, 1.165) is 43.1 Å². The van der Waals surface area contributed by atoms with Crippen molar-refractivity contribution in [2.75, 3.05) is 35.2 Å². The molecule has 1 saturated heterocycles. The maximum Gasteiger partial charge on any atom is 0.413 e. The molecule has 9 nitrogen and oxygen atoms in total. The van der Waals surface area contributed by atoms with Crippen molar-refractivity contribution in [3.05, 3.63) is 71.5 Å². The number of pyridine rings is 2. The molecule has 0 saturated carbocycles. The molecule has 212 valence electrons. The zero-order valence-electron chi connectivity index (χ0n) is 24.0. The summed E-state index contributed by atoms with van der Waals surface area (Å²) in [6, 6.07) is 16.4. The van der Waals surface area contributed by atoms with E-state index in [1.807, 2.05) is 76.2 Å². The number of hydrogen-bond donors (Lipinski definition) is 2. The summed E-state index contributed by atoms with van der Waals surface area (Å²) in [5.74, 6) is 2.38. The number of benzene rings is 1. The lowest BCUT2D eigenvalue weighted by Crippen LogP contribution is -2.35. The third-order valence-electron chi connectivity index (χ3n) is 6.52. The number of nitrogens with zero attached hydrogens (tertiary/aromatic N) is 3. The standard InChI is InChI=1S/C31H39N5O4/c1-21-15-18-36(19-16-21)28-26(14-9-22(2)32-28)29(37)34-24-10-12-25(13-11-24)39-20-17-23-7-6-8-27(33-23)35-30(38)40-31(3,4)5/h6-14,21H,15-20H2,1-5H3,(H,34,37)(H,33,35,38). The van der Waals surface area contributed by atoms with Crippen LogP contribution in [0.4, 0.5) is 22.1 Å². The molecular weight excluding hydrogens is 506 g/mol. The number of aromatic nitrogens is 2. The molecule has 1 fully saturated rings. The monoisotopic (exact) mass is 545 g/mol. The second kappa shape index (κ2) is 12.8. The minimum Gasteiger partial charge on any atom is -0.493 e. The van der Waals surface area contributed by atoms with Crippen LogP contribution in [0.25, 0.3) is 0 Å². The molecule has 1 aromatic carbocycles. The first-order valence-corrected chi connectivity index (χ1v) is 13.8. The minimum atomic E-state index is -0.583. The predicted octanol–water partition coefficient (Wildman–Crippen LogP) is 6.24. The zero-order chi connectivity index (χ0) is 28.7. The van der Waals surface area contributed by atoms with Crippen LogP contribution in [0.15, 0.2) is 54.6 Å². The van der Waals surface area contributed by atoms with Crippen molar-refractivity contribution in [2.24, 2.45) is 5.92 Å². The molecule has 4 rings (SSSR count). The van der Waals surface area contributed by atoms with E-state index in [2.05, 4.69) is 27.4 Å². The fraction of sp³-hybridized carbons (Fsp3) is 0.419. The number of ether oxygens (including phenoxy) is 2. The Morgan fingerprint density at radius 3 is 2.40 bits per heavy atom. The number of piperidine rings is 1. The first-order valence-electron chi connectivity index (χ1n) is 13.8. The van der Waals surface area contributed by atoms with Crippen LogP contribution in [0, 0.1) is 12.8 Å². The van der Waals surface area contributed by atoms with Crippen molar-refractivity contribution in [3.63, 3.8) is 0 Å². The Labute approximate surface area is 236 Å². The SMILES string of the molecule is Cc1ccc(C(=O)Nc2ccc(OCCc3cccc(NC(=O)OC(C)(C)C)n3)cc2)c(N2CCC(C)CC2)n1. The summed E-state index contributed by atoms with van der Waals surface area (Å²) in [7, 11) is 0. The fourth-order valence-electron chi connectivity index (χ4n) is 4.38. The summed E-state index contributed by atoms with van der Waals surface area (Å²) >= 11 is 0. The predicted molar refractivity (Wildman–Crippen MR) is 157 cm³/mol. The maximum absolute atomic E-state index is 13.2. The molecule has 2 aromatic heterocycles. The van der Waals surface area contributed by atoms with Gasteiger partial charge >= 0.3 is 6.09 Å². The summed E-state index contributed by atoms with van der Waals surface area (Å²) in [5.41, 5.74) is 2.35. The molecule has 0 atom stereocenters. The van der Waals surface area contributed by atoms with Gasteiger partial charge in [0.25, 0.3) is 5.91 Å². The van der Waals surface area contributed by atoms with Crippen LogP contribution in [0.5, 0.6) is 5.75 Å². The molecular formula is C31H39N5O4. The van der Waals surface area contributed by atoms with Crippen LogP contribution in [-0.4, -0.2) is 47.3 Å². The highest BCUT2D eigenvalue weighted by Crippen LogP contribution is 2.26. The van der Waals surface area contributed by atoms with Crippen molar-refractivity contribution in [3.8, 4) is 5.75 Å². The number of anilines is 3. The number of carbonyl (C=O) groups excluding carboxylic acids is 2. The van der Waals surface area contributed by atoms with Crippen LogP contribution < -0.4 is 20.3 Å². The molecule has 0 aliphatic carbocycles. The molecule has 1 aliphatic heterocycles. The number of nitrogens with one attached hydrogen (secondary N) is 2. The van der Waals surface area contributed by atoms with Gasteiger partial charge in [0.2, 0.25) is 0 Å². The van der Waals surface area contributed by atoms with Gasteiger partial charge in [0.15, 0.2) is 0 Å². The van der Waals surface area contributed by atoms with E-state index in [-0.39, 0.29) is 5.91 Å². The average Bonchev–Trinajstić information content (AvgIpc) is 2.89. The molecule has 3 heterocycles. The lowest BCUT2D eigenvalue weighted by Gasteiger charge is -2.32. The van der Waals surface area contributed by atoms with Crippen molar-refractivity contribution >= 4 is 29.3 Å². The van der Waals surface area contributed by atoms with Gasteiger partial charge in [-0.2, -0.15) is 0 Å². The molecule has 1 aliphatic rings. The van der Waals surface area contributed by atoms with Gasteiger partial charge < -0.3 is 19.7 Å². The summed E-state index contributed by atoms with van der Waals surface area (Å²) in [5, 5.41) is 5.65. The first-order chi connectivity index (χ1) is 19.1. The zero-order valence-corrected chi connectivity index (χ0v) is 24.0. The van der Waals surface area contributed by atoms with E-state index in [9.17, 15) is 9.59 Å². The molecule has 9 heteroatoms. The summed E-state index contributed by atoms with van der Waals surface area (Å²) < 4.78 is 11.2. The van der Waals surface area contributed by atoms with Gasteiger partial charge in [0, 0.05) is 36.6 Å². The van der Waals surface area contributed by atoms with Gasteiger partial charge in [-0.3, -0.25) is 10.1 Å². The lowest BCUT2D eigenvalue weighted by molar-refractivity contribution is 0.0635. The van der Waals surface area contributed by atoms with Crippen molar-refractivity contribution in [1.29, 1.82) is 0 Å².